The summed E-state index contributed by atoms with van der Waals surface area (Å²) in [6.45, 7) is 5.69. The Hall–Kier alpha value is -1.13. The molecule has 0 aliphatic carbocycles. The number of sulfonamides is 1. The third-order valence-electron chi connectivity index (χ3n) is 3.84. The Bertz CT molecular complexity index is 653. The summed E-state index contributed by atoms with van der Waals surface area (Å²) < 4.78 is 27.3. The van der Waals surface area contributed by atoms with Gasteiger partial charge in [-0.05, 0) is 37.1 Å². The van der Waals surface area contributed by atoms with Gasteiger partial charge >= 0.3 is 0 Å². The summed E-state index contributed by atoms with van der Waals surface area (Å²) in [7, 11) is -3.50. The van der Waals surface area contributed by atoms with Crippen LogP contribution in [0.3, 0.4) is 0 Å². The van der Waals surface area contributed by atoms with Crippen molar-refractivity contribution in [3.8, 4) is 6.07 Å². The number of halogens is 1. The topological polar surface area (TPSA) is 73.2 Å². The second kappa shape index (κ2) is 7.93. The van der Waals surface area contributed by atoms with Crippen LogP contribution < -0.4 is 5.32 Å². The molecular weight excluding hydrogens is 322 g/mol. The Morgan fingerprint density at radius 3 is 2.77 bits per heavy atom. The number of rotatable bonds is 4. The van der Waals surface area contributed by atoms with Crippen molar-refractivity contribution in [3.63, 3.8) is 0 Å². The second-order valence-corrected chi connectivity index (χ2v) is 7.24. The highest BCUT2D eigenvalue weighted by atomic mass is 35.5. The van der Waals surface area contributed by atoms with Crippen LogP contribution in [-0.2, 0) is 10.0 Å². The maximum absolute atomic E-state index is 12.8. The highest BCUT2D eigenvalue weighted by Crippen LogP contribution is 2.23. The normalized spacial score (nSPS) is 19.2. The van der Waals surface area contributed by atoms with Crippen LogP contribution in [-0.4, -0.2) is 38.4 Å². The third-order valence-corrected chi connectivity index (χ3v) is 5.79. The van der Waals surface area contributed by atoms with E-state index in [0.29, 0.717) is 30.8 Å². The smallest absolute Gasteiger partial charge is 0.243 e. The van der Waals surface area contributed by atoms with Crippen molar-refractivity contribution in [3.05, 3.63) is 29.3 Å². The zero-order chi connectivity index (χ0) is 15.5. The molecule has 1 saturated heterocycles. The Balaban J connectivity index is 0.00000242. The molecule has 1 N–H and O–H groups in total. The number of nitriles is 1. The summed E-state index contributed by atoms with van der Waals surface area (Å²) in [5.41, 5.74) is 1.21. The van der Waals surface area contributed by atoms with Crippen molar-refractivity contribution < 1.29 is 8.42 Å². The van der Waals surface area contributed by atoms with Crippen molar-refractivity contribution in [1.29, 1.82) is 5.26 Å². The minimum Gasteiger partial charge on any atom is -0.314 e. The summed E-state index contributed by atoms with van der Waals surface area (Å²) >= 11 is 0. The molecule has 5 nitrogen and oxygen atoms in total. The average Bonchev–Trinajstić information content (AvgIpc) is 2.48. The summed E-state index contributed by atoms with van der Waals surface area (Å²) in [6, 6.07) is 6.78. The monoisotopic (exact) mass is 343 g/mol. The predicted molar refractivity (Wildman–Crippen MR) is 88.6 cm³/mol. The van der Waals surface area contributed by atoms with E-state index >= 15 is 0 Å². The first-order chi connectivity index (χ1) is 10.0. The summed E-state index contributed by atoms with van der Waals surface area (Å²) in [6.07, 6.45) is 1.80. The van der Waals surface area contributed by atoms with E-state index in [0.717, 1.165) is 12.8 Å². The minimum absolute atomic E-state index is 0. The first-order valence-corrected chi connectivity index (χ1v) is 8.68. The van der Waals surface area contributed by atoms with Gasteiger partial charge in [-0.3, -0.25) is 0 Å². The molecule has 0 amide bonds. The number of piperazine rings is 1. The summed E-state index contributed by atoms with van der Waals surface area (Å²) in [5, 5.41) is 12.2. The Morgan fingerprint density at radius 2 is 2.18 bits per heavy atom. The van der Waals surface area contributed by atoms with Gasteiger partial charge in [-0.15, -0.1) is 12.4 Å². The number of nitrogens with zero attached hydrogens (tertiary/aromatic N) is 2. The molecule has 0 bridgehead atoms. The molecule has 0 spiro atoms. The molecule has 7 heteroatoms. The van der Waals surface area contributed by atoms with E-state index in [4.69, 9.17) is 5.26 Å². The average molecular weight is 344 g/mol. The Labute approximate surface area is 138 Å². The molecule has 0 aromatic heterocycles. The molecule has 0 saturated carbocycles. The van der Waals surface area contributed by atoms with Crippen molar-refractivity contribution in [2.45, 2.75) is 37.6 Å². The van der Waals surface area contributed by atoms with E-state index in [9.17, 15) is 8.42 Å². The zero-order valence-electron chi connectivity index (χ0n) is 12.9. The first-order valence-electron chi connectivity index (χ1n) is 7.24. The molecule has 1 unspecified atom stereocenters. The van der Waals surface area contributed by atoms with Gasteiger partial charge in [-0.2, -0.15) is 9.57 Å². The fourth-order valence-electron chi connectivity index (χ4n) is 2.70. The first kappa shape index (κ1) is 18.9. The number of nitrogens with one attached hydrogen (secondary N) is 1. The lowest BCUT2D eigenvalue weighted by Gasteiger charge is -2.35. The third kappa shape index (κ3) is 3.79. The van der Waals surface area contributed by atoms with Gasteiger partial charge in [0.15, 0.2) is 0 Å². The Morgan fingerprint density at radius 1 is 1.45 bits per heavy atom. The van der Waals surface area contributed by atoms with Gasteiger partial charge in [0.1, 0.15) is 0 Å². The van der Waals surface area contributed by atoms with Gasteiger partial charge < -0.3 is 5.32 Å². The number of hydrogen-bond acceptors (Lipinski definition) is 4. The van der Waals surface area contributed by atoms with Gasteiger partial charge in [-0.1, -0.05) is 13.3 Å². The van der Waals surface area contributed by atoms with Crippen molar-refractivity contribution in [2.24, 2.45) is 0 Å². The van der Waals surface area contributed by atoms with Crippen LogP contribution in [0.25, 0.3) is 0 Å². The molecular formula is C15H22ClN3O2S. The lowest BCUT2D eigenvalue weighted by Crippen LogP contribution is -2.53. The standard InChI is InChI=1S/C15H21N3O2S.ClH/c1-3-4-14-11-17-7-8-18(14)21(19,20)15-6-5-13(10-16)12(2)9-15;/h5-6,9,14,17H,3-4,7-8,11H2,1-2H3;1H. The lowest BCUT2D eigenvalue weighted by molar-refractivity contribution is 0.254. The molecule has 0 radical (unpaired) electrons. The van der Waals surface area contributed by atoms with Gasteiger partial charge in [0.25, 0.3) is 0 Å². The van der Waals surface area contributed by atoms with E-state index in [2.05, 4.69) is 18.3 Å². The summed E-state index contributed by atoms with van der Waals surface area (Å²) in [5.74, 6) is 0. The lowest BCUT2D eigenvalue weighted by atomic mass is 10.1. The predicted octanol–water partition coefficient (Wildman–Crippen LogP) is 2.05. The number of hydrogen-bond donors (Lipinski definition) is 1. The highest BCUT2D eigenvalue weighted by molar-refractivity contribution is 7.89. The number of benzene rings is 1. The second-order valence-electron chi connectivity index (χ2n) is 5.35. The van der Waals surface area contributed by atoms with Crippen LogP contribution in [0.15, 0.2) is 23.1 Å². The molecule has 1 atom stereocenters. The fourth-order valence-corrected chi connectivity index (χ4v) is 4.44. The van der Waals surface area contributed by atoms with E-state index in [-0.39, 0.29) is 23.3 Å². The van der Waals surface area contributed by atoms with Gasteiger partial charge in [0, 0.05) is 25.7 Å². The molecule has 1 aliphatic rings. The van der Waals surface area contributed by atoms with E-state index in [1.54, 1.807) is 23.4 Å². The Kier molecular flexibility index (Phi) is 6.82. The molecule has 1 aliphatic heterocycles. The number of aryl methyl sites for hydroxylation is 1. The zero-order valence-corrected chi connectivity index (χ0v) is 14.5. The highest BCUT2D eigenvalue weighted by Gasteiger charge is 2.32. The molecule has 1 heterocycles. The SMILES string of the molecule is CCCC1CNCCN1S(=O)(=O)c1ccc(C#N)c(C)c1.Cl. The van der Waals surface area contributed by atoms with Crippen LogP contribution in [0.5, 0.6) is 0 Å². The van der Waals surface area contributed by atoms with E-state index < -0.39 is 10.0 Å². The molecule has 1 aromatic carbocycles. The largest absolute Gasteiger partial charge is 0.314 e. The van der Waals surface area contributed by atoms with E-state index in [1.807, 2.05) is 0 Å². The fraction of sp³-hybridized carbons (Fsp3) is 0.533. The van der Waals surface area contributed by atoms with Crippen molar-refractivity contribution in [2.75, 3.05) is 19.6 Å². The van der Waals surface area contributed by atoms with Crippen LogP contribution in [0, 0.1) is 18.3 Å². The van der Waals surface area contributed by atoms with Gasteiger partial charge in [-0.25, -0.2) is 8.42 Å². The maximum atomic E-state index is 12.8. The molecule has 1 aromatic rings. The van der Waals surface area contributed by atoms with Crippen molar-refractivity contribution >= 4 is 22.4 Å². The molecule has 1 fully saturated rings. The summed E-state index contributed by atoms with van der Waals surface area (Å²) in [4.78, 5) is 0.280. The van der Waals surface area contributed by atoms with Crippen LogP contribution in [0.4, 0.5) is 0 Å². The van der Waals surface area contributed by atoms with Crippen LogP contribution in [0.2, 0.25) is 0 Å². The molecule has 2 rings (SSSR count). The minimum atomic E-state index is -3.50. The quantitative estimate of drug-likeness (QED) is 0.908. The maximum Gasteiger partial charge on any atom is 0.243 e. The van der Waals surface area contributed by atoms with Crippen LogP contribution >= 0.6 is 12.4 Å². The molecule has 22 heavy (non-hydrogen) atoms. The van der Waals surface area contributed by atoms with E-state index in [1.165, 1.54) is 6.07 Å². The van der Waals surface area contributed by atoms with Gasteiger partial charge in [0.2, 0.25) is 10.0 Å². The van der Waals surface area contributed by atoms with Crippen molar-refractivity contribution in [1.82, 2.24) is 9.62 Å². The molecule has 122 valence electrons. The van der Waals surface area contributed by atoms with Crippen LogP contribution in [0.1, 0.15) is 30.9 Å². The van der Waals surface area contributed by atoms with Gasteiger partial charge in [0.05, 0.1) is 16.5 Å².